The first-order chi connectivity index (χ1) is 14.4. The molecular weight excluding hydrogens is 402 g/mol. The zero-order valence-electron chi connectivity index (χ0n) is 19.5. The molecule has 0 radical (unpaired) electrons. The first kappa shape index (κ1) is 26.7. The van der Waals surface area contributed by atoms with Gasteiger partial charge in [0.25, 0.3) is 0 Å². The van der Waals surface area contributed by atoms with Gasteiger partial charge in [-0.15, -0.1) is 0 Å². The van der Waals surface area contributed by atoms with Crippen molar-refractivity contribution < 1.29 is 28.7 Å². The number of primary amides is 1. The molecule has 178 valence electrons. The maximum Gasteiger partial charge on any atom is 0.408 e. The van der Waals surface area contributed by atoms with E-state index < -0.39 is 41.6 Å². The average Bonchev–Trinajstić information content (AvgIpc) is 2.63. The predicted octanol–water partition coefficient (Wildman–Crippen LogP) is 2.55. The highest BCUT2D eigenvalue weighted by atomic mass is 16.6. The molecule has 1 saturated carbocycles. The van der Waals surface area contributed by atoms with Crippen LogP contribution in [0.4, 0.5) is 4.79 Å². The van der Waals surface area contributed by atoms with Crippen molar-refractivity contribution in [1.29, 1.82) is 0 Å². The zero-order valence-corrected chi connectivity index (χ0v) is 19.5. The van der Waals surface area contributed by atoms with E-state index in [-0.39, 0.29) is 24.9 Å². The summed E-state index contributed by atoms with van der Waals surface area (Å²) in [4.78, 5) is 48.8. The summed E-state index contributed by atoms with van der Waals surface area (Å²) in [6.45, 7) is 8.98. The molecule has 0 saturated heterocycles. The van der Waals surface area contributed by atoms with E-state index in [9.17, 15) is 19.2 Å². The van der Waals surface area contributed by atoms with Crippen LogP contribution in [0.15, 0.2) is 0 Å². The van der Waals surface area contributed by atoms with Crippen molar-refractivity contribution in [3.8, 4) is 0 Å². The minimum Gasteiger partial charge on any atom is -0.462 e. The van der Waals surface area contributed by atoms with E-state index in [1.54, 1.807) is 20.8 Å². The molecule has 2 atom stereocenters. The molecule has 0 spiro atoms. The summed E-state index contributed by atoms with van der Waals surface area (Å²) in [6, 6.07) is -1.94. The Morgan fingerprint density at radius 2 is 1.61 bits per heavy atom. The van der Waals surface area contributed by atoms with E-state index in [2.05, 4.69) is 10.6 Å². The molecule has 31 heavy (non-hydrogen) atoms. The Bertz CT molecular complexity index is 623. The van der Waals surface area contributed by atoms with Gasteiger partial charge < -0.3 is 25.8 Å². The van der Waals surface area contributed by atoms with E-state index >= 15 is 0 Å². The van der Waals surface area contributed by atoms with Crippen LogP contribution < -0.4 is 16.4 Å². The molecule has 1 aliphatic rings. The lowest BCUT2D eigenvalue weighted by Crippen LogP contribution is -2.54. The Morgan fingerprint density at radius 3 is 2.13 bits per heavy atom. The molecular formula is C22H39N3O6. The summed E-state index contributed by atoms with van der Waals surface area (Å²) >= 11 is 0. The van der Waals surface area contributed by atoms with Crippen LogP contribution in [0.5, 0.6) is 0 Å². The molecule has 1 aliphatic carbocycles. The topological polar surface area (TPSA) is 137 Å². The smallest absolute Gasteiger partial charge is 0.408 e. The van der Waals surface area contributed by atoms with Gasteiger partial charge in [-0.1, -0.05) is 20.3 Å². The van der Waals surface area contributed by atoms with Gasteiger partial charge in [0, 0.05) is 6.42 Å². The molecule has 1 rings (SSSR count). The molecule has 1 fully saturated rings. The van der Waals surface area contributed by atoms with E-state index in [1.165, 1.54) is 0 Å². The van der Waals surface area contributed by atoms with Crippen LogP contribution in [0.2, 0.25) is 0 Å². The Kier molecular flexibility index (Phi) is 10.8. The normalized spacial score (nSPS) is 16.8. The summed E-state index contributed by atoms with van der Waals surface area (Å²) in [6.07, 6.45) is 4.51. The molecule has 9 nitrogen and oxygen atoms in total. The van der Waals surface area contributed by atoms with Gasteiger partial charge in [-0.05, 0) is 65.2 Å². The lowest BCUT2D eigenvalue weighted by Gasteiger charge is -2.25. The first-order valence-electron chi connectivity index (χ1n) is 11.2. The number of esters is 1. The highest BCUT2D eigenvalue weighted by Gasteiger charge is 2.29. The summed E-state index contributed by atoms with van der Waals surface area (Å²) < 4.78 is 10.7. The number of alkyl carbamates (subject to hydrolysis) is 1. The average molecular weight is 442 g/mol. The standard InChI is InChI=1S/C22H39N3O6/c1-14(2)13-17(25-21(29)31-22(3,4)5)20(28)24-16(19(23)27)11-12-18(26)30-15-9-7-6-8-10-15/h14-17H,6-13H2,1-5H3,(H2,23,27)(H,24,28)(H,25,29). The van der Waals surface area contributed by atoms with Crippen molar-refractivity contribution in [2.45, 2.75) is 110 Å². The molecule has 0 aromatic carbocycles. The Labute approximate surface area is 185 Å². The number of amides is 3. The SMILES string of the molecule is CC(C)CC(NC(=O)OC(C)(C)C)C(=O)NC(CCC(=O)OC1CCCCC1)C(N)=O. The van der Waals surface area contributed by atoms with Crippen LogP contribution in [0.25, 0.3) is 0 Å². The number of hydrogen-bond donors (Lipinski definition) is 3. The second kappa shape index (κ2) is 12.5. The number of carbonyl (C=O) groups excluding carboxylic acids is 4. The fourth-order valence-electron chi connectivity index (χ4n) is 3.40. The second-order valence-corrected chi connectivity index (χ2v) is 9.58. The molecule has 3 amide bonds. The fourth-order valence-corrected chi connectivity index (χ4v) is 3.40. The minimum absolute atomic E-state index is 0.0290. The number of nitrogens with one attached hydrogen (secondary N) is 2. The Balaban J connectivity index is 2.64. The summed E-state index contributed by atoms with van der Waals surface area (Å²) in [5.41, 5.74) is 4.71. The molecule has 0 aromatic heterocycles. The number of rotatable bonds is 10. The van der Waals surface area contributed by atoms with Gasteiger partial charge in [0.1, 0.15) is 23.8 Å². The van der Waals surface area contributed by atoms with Crippen molar-refractivity contribution in [3.63, 3.8) is 0 Å². The van der Waals surface area contributed by atoms with Gasteiger partial charge in [-0.2, -0.15) is 0 Å². The van der Waals surface area contributed by atoms with E-state index in [0.717, 1.165) is 32.1 Å². The summed E-state index contributed by atoms with van der Waals surface area (Å²) in [5, 5.41) is 5.11. The fraction of sp³-hybridized carbons (Fsp3) is 0.818. The van der Waals surface area contributed by atoms with Crippen LogP contribution in [-0.2, 0) is 23.9 Å². The number of nitrogens with two attached hydrogens (primary N) is 1. The van der Waals surface area contributed by atoms with Crippen molar-refractivity contribution in [1.82, 2.24) is 10.6 Å². The molecule has 0 aliphatic heterocycles. The molecule has 2 unspecified atom stereocenters. The lowest BCUT2D eigenvalue weighted by molar-refractivity contribution is -0.151. The predicted molar refractivity (Wildman–Crippen MR) is 116 cm³/mol. The molecule has 0 aromatic rings. The van der Waals surface area contributed by atoms with Gasteiger partial charge in [0.15, 0.2) is 0 Å². The lowest BCUT2D eigenvalue weighted by atomic mass is 9.98. The Morgan fingerprint density at radius 1 is 1.00 bits per heavy atom. The maximum absolute atomic E-state index is 12.8. The van der Waals surface area contributed by atoms with Crippen LogP contribution in [0.3, 0.4) is 0 Å². The highest BCUT2D eigenvalue weighted by Crippen LogP contribution is 2.21. The van der Waals surface area contributed by atoms with Crippen molar-refractivity contribution in [2.75, 3.05) is 0 Å². The molecule has 4 N–H and O–H groups in total. The number of ether oxygens (including phenoxy) is 2. The molecule has 9 heteroatoms. The summed E-state index contributed by atoms with van der Waals surface area (Å²) in [5.74, 6) is -1.61. The van der Waals surface area contributed by atoms with Crippen LogP contribution >= 0.6 is 0 Å². The first-order valence-corrected chi connectivity index (χ1v) is 11.2. The monoisotopic (exact) mass is 441 g/mol. The number of carbonyl (C=O) groups is 4. The van der Waals surface area contributed by atoms with Crippen LogP contribution in [0, 0.1) is 5.92 Å². The van der Waals surface area contributed by atoms with Crippen molar-refractivity contribution in [3.05, 3.63) is 0 Å². The quantitative estimate of drug-likeness (QED) is 0.446. The third-order valence-corrected chi connectivity index (χ3v) is 4.86. The largest absolute Gasteiger partial charge is 0.462 e. The third-order valence-electron chi connectivity index (χ3n) is 4.86. The van der Waals surface area contributed by atoms with Gasteiger partial charge in [0.05, 0.1) is 0 Å². The van der Waals surface area contributed by atoms with E-state index in [4.69, 9.17) is 15.2 Å². The van der Waals surface area contributed by atoms with E-state index in [0.29, 0.717) is 6.42 Å². The molecule has 0 heterocycles. The molecule has 0 bridgehead atoms. The van der Waals surface area contributed by atoms with Crippen molar-refractivity contribution >= 4 is 23.9 Å². The maximum atomic E-state index is 12.8. The van der Waals surface area contributed by atoms with E-state index in [1.807, 2.05) is 13.8 Å². The zero-order chi connectivity index (χ0) is 23.6. The number of hydrogen-bond acceptors (Lipinski definition) is 6. The van der Waals surface area contributed by atoms with Gasteiger partial charge in [-0.3, -0.25) is 14.4 Å². The second-order valence-electron chi connectivity index (χ2n) is 9.58. The van der Waals surface area contributed by atoms with Gasteiger partial charge in [-0.25, -0.2) is 4.79 Å². The van der Waals surface area contributed by atoms with Crippen LogP contribution in [-0.4, -0.2) is 47.7 Å². The van der Waals surface area contributed by atoms with Gasteiger partial charge >= 0.3 is 12.1 Å². The van der Waals surface area contributed by atoms with Crippen molar-refractivity contribution in [2.24, 2.45) is 11.7 Å². The highest BCUT2D eigenvalue weighted by molar-refractivity contribution is 5.91. The summed E-state index contributed by atoms with van der Waals surface area (Å²) in [7, 11) is 0. The minimum atomic E-state index is -1.04. The third kappa shape index (κ3) is 11.6. The van der Waals surface area contributed by atoms with Gasteiger partial charge in [0.2, 0.25) is 11.8 Å². The van der Waals surface area contributed by atoms with Crippen LogP contribution in [0.1, 0.15) is 86.0 Å². The Hall–Kier alpha value is -2.32.